The zero-order valence-electron chi connectivity index (χ0n) is 8.43. The smallest absolute Gasteiger partial charge is 0.0671 e. The van der Waals surface area contributed by atoms with E-state index in [1.807, 2.05) is 14.0 Å². The van der Waals surface area contributed by atoms with Gasteiger partial charge in [0.1, 0.15) is 0 Å². The molecule has 1 atom stereocenters. The normalized spacial score (nSPS) is 13.2. The number of ether oxygens (including phenoxy) is 2. The van der Waals surface area contributed by atoms with Gasteiger partial charge in [0.15, 0.2) is 0 Å². The highest BCUT2D eigenvalue weighted by molar-refractivity contribution is 4.51. The molecule has 0 aliphatic rings. The largest absolute Gasteiger partial charge is 0.382 e. The summed E-state index contributed by atoms with van der Waals surface area (Å²) >= 11 is 0. The second-order valence-electron chi connectivity index (χ2n) is 2.79. The first-order chi connectivity index (χ1) is 5.81. The molecule has 0 fully saturated rings. The van der Waals surface area contributed by atoms with E-state index in [0.717, 1.165) is 32.8 Å². The van der Waals surface area contributed by atoms with Crippen molar-refractivity contribution in [3.8, 4) is 0 Å². The second kappa shape index (κ2) is 8.97. The van der Waals surface area contributed by atoms with Crippen LogP contribution in [0.2, 0.25) is 0 Å². The number of nitrogens with one attached hydrogen (secondary N) is 1. The Labute approximate surface area is 75.4 Å². The van der Waals surface area contributed by atoms with Crippen LogP contribution < -0.4 is 5.32 Å². The Hall–Kier alpha value is -0.120. The van der Waals surface area contributed by atoms with Crippen molar-refractivity contribution in [3.05, 3.63) is 0 Å². The van der Waals surface area contributed by atoms with Crippen LogP contribution in [0.5, 0.6) is 0 Å². The molecule has 1 N–H and O–H groups in total. The second-order valence-corrected chi connectivity index (χ2v) is 2.79. The van der Waals surface area contributed by atoms with Crippen LogP contribution >= 0.6 is 0 Å². The number of hydrogen-bond donors (Lipinski definition) is 1. The monoisotopic (exact) mass is 175 g/mol. The summed E-state index contributed by atoms with van der Waals surface area (Å²) in [6.45, 7) is 7.38. The summed E-state index contributed by atoms with van der Waals surface area (Å²) in [5.41, 5.74) is 0. The lowest BCUT2D eigenvalue weighted by Gasteiger charge is -2.11. The van der Waals surface area contributed by atoms with E-state index in [-0.39, 0.29) is 0 Å². The predicted molar refractivity (Wildman–Crippen MR) is 50.5 cm³/mol. The van der Waals surface area contributed by atoms with Gasteiger partial charge in [-0.1, -0.05) is 0 Å². The third-order valence-electron chi connectivity index (χ3n) is 1.53. The molecule has 3 heteroatoms. The molecule has 0 radical (unpaired) electrons. The highest BCUT2D eigenvalue weighted by Crippen LogP contribution is 1.91. The molecule has 0 saturated carbocycles. The zero-order chi connectivity index (χ0) is 9.23. The van der Waals surface area contributed by atoms with Crippen LogP contribution in [0.1, 0.15) is 20.3 Å². The summed E-state index contributed by atoms with van der Waals surface area (Å²) in [5, 5.41) is 3.06. The van der Waals surface area contributed by atoms with Gasteiger partial charge >= 0.3 is 0 Å². The molecule has 0 spiro atoms. The van der Waals surface area contributed by atoms with Crippen LogP contribution in [0.15, 0.2) is 0 Å². The van der Waals surface area contributed by atoms with Crippen LogP contribution in [0.4, 0.5) is 0 Å². The molecule has 12 heavy (non-hydrogen) atoms. The van der Waals surface area contributed by atoms with Gasteiger partial charge in [0, 0.05) is 26.4 Å². The van der Waals surface area contributed by atoms with E-state index < -0.39 is 0 Å². The maximum absolute atomic E-state index is 5.49. The molecule has 0 aliphatic carbocycles. The lowest BCUT2D eigenvalue weighted by atomic mass is 10.4. The number of rotatable bonds is 8. The van der Waals surface area contributed by atoms with Crippen molar-refractivity contribution in [2.24, 2.45) is 0 Å². The van der Waals surface area contributed by atoms with Crippen molar-refractivity contribution in [2.45, 2.75) is 26.4 Å². The summed E-state index contributed by atoms with van der Waals surface area (Å²) in [5.74, 6) is 0. The summed E-state index contributed by atoms with van der Waals surface area (Å²) in [6, 6.07) is 0. The van der Waals surface area contributed by atoms with Gasteiger partial charge in [0.2, 0.25) is 0 Å². The van der Waals surface area contributed by atoms with Crippen molar-refractivity contribution in [1.82, 2.24) is 5.32 Å². The van der Waals surface area contributed by atoms with Crippen LogP contribution in [0.25, 0.3) is 0 Å². The van der Waals surface area contributed by atoms with Crippen molar-refractivity contribution in [2.75, 3.05) is 33.4 Å². The topological polar surface area (TPSA) is 30.5 Å². The van der Waals surface area contributed by atoms with Crippen LogP contribution in [-0.4, -0.2) is 39.5 Å². The Kier molecular flexibility index (Phi) is 8.88. The average molecular weight is 175 g/mol. The van der Waals surface area contributed by atoms with Gasteiger partial charge in [-0.25, -0.2) is 0 Å². The highest BCUT2D eigenvalue weighted by atomic mass is 16.5. The van der Waals surface area contributed by atoms with Gasteiger partial charge in [-0.2, -0.15) is 0 Å². The lowest BCUT2D eigenvalue weighted by Crippen LogP contribution is -2.24. The quantitative estimate of drug-likeness (QED) is 0.559. The minimum absolute atomic E-state index is 0.302. The molecule has 0 aromatic rings. The highest BCUT2D eigenvalue weighted by Gasteiger charge is 1.98. The predicted octanol–water partition coefficient (Wildman–Crippen LogP) is 1.04. The lowest BCUT2D eigenvalue weighted by molar-refractivity contribution is 0.0457. The van der Waals surface area contributed by atoms with Gasteiger partial charge < -0.3 is 14.8 Å². The summed E-state index contributed by atoms with van der Waals surface area (Å²) in [7, 11) is 1.93. The van der Waals surface area contributed by atoms with Gasteiger partial charge in [-0.15, -0.1) is 0 Å². The molecule has 0 bridgehead atoms. The number of hydrogen-bond acceptors (Lipinski definition) is 3. The van der Waals surface area contributed by atoms with E-state index in [9.17, 15) is 0 Å². The van der Waals surface area contributed by atoms with E-state index in [1.165, 1.54) is 0 Å². The molecule has 0 aromatic carbocycles. The molecule has 1 unspecified atom stereocenters. The third kappa shape index (κ3) is 7.98. The Bertz CT molecular complexity index is 88.6. The molecule has 0 aromatic heterocycles. The van der Waals surface area contributed by atoms with Crippen molar-refractivity contribution >= 4 is 0 Å². The summed E-state index contributed by atoms with van der Waals surface area (Å²) in [6.07, 6.45) is 1.29. The average Bonchev–Trinajstić information content (AvgIpc) is 2.05. The van der Waals surface area contributed by atoms with Crippen LogP contribution in [0.3, 0.4) is 0 Å². The first-order valence-electron chi connectivity index (χ1n) is 4.65. The van der Waals surface area contributed by atoms with Crippen molar-refractivity contribution < 1.29 is 9.47 Å². The minimum Gasteiger partial charge on any atom is -0.382 e. The molecule has 0 amide bonds. The Morgan fingerprint density at radius 3 is 2.67 bits per heavy atom. The fourth-order valence-electron chi connectivity index (χ4n) is 0.936. The van der Waals surface area contributed by atoms with Crippen LogP contribution in [-0.2, 0) is 9.47 Å². The van der Waals surface area contributed by atoms with E-state index >= 15 is 0 Å². The summed E-state index contributed by atoms with van der Waals surface area (Å²) in [4.78, 5) is 0. The van der Waals surface area contributed by atoms with E-state index in [0.29, 0.717) is 6.10 Å². The zero-order valence-corrected chi connectivity index (χ0v) is 8.43. The van der Waals surface area contributed by atoms with E-state index in [4.69, 9.17) is 9.47 Å². The molecule has 74 valence electrons. The summed E-state index contributed by atoms with van der Waals surface area (Å²) < 4.78 is 10.7. The fraction of sp³-hybridized carbons (Fsp3) is 1.00. The van der Waals surface area contributed by atoms with Crippen molar-refractivity contribution in [1.29, 1.82) is 0 Å². The molecule has 3 nitrogen and oxygen atoms in total. The minimum atomic E-state index is 0.302. The third-order valence-corrected chi connectivity index (χ3v) is 1.53. The van der Waals surface area contributed by atoms with E-state index in [2.05, 4.69) is 12.2 Å². The van der Waals surface area contributed by atoms with Gasteiger partial charge in [0.05, 0.1) is 6.10 Å². The first-order valence-corrected chi connectivity index (χ1v) is 4.65. The molecule has 0 rings (SSSR count). The SMILES string of the molecule is CCOCCCOC(C)CNC. The molecular formula is C9H21NO2. The molecule has 0 aliphatic heterocycles. The Morgan fingerprint density at radius 1 is 1.33 bits per heavy atom. The maximum atomic E-state index is 5.49. The standard InChI is InChI=1S/C9H21NO2/c1-4-11-6-5-7-12-9(2)8-10-3/h9-10H,4-8H2,1-3H3. The maximum Gasteiger partial charge on any atom is 0.0671 e. The van der Waals surface area contributed by atoms with Gasteiger partial charge in [-0.3, -0.25) is 0 Å². The van der Waals surface area contributed by atoms with Crippen molar-refractivity contribution in [3.63, 3.8) is 0 Å². The first kappa shape index (κ1) is 11.9. The van der Waals surface area contributed by atoms with Gasteiger partial charge in [0.25, 0.3) is 0 Å². The fourth-order valence-corrected chi connectivity index (χ4v) is 0.936. The van der Waals surface area contributed by atoms with Crippen LogP contribution in [0, 0.1) is 0 Å². The Balaban J connectivity index is 2.97. The molecule has 0 saturated heterocycles. The van der Waals surface area contributed by atoms with E-state index in [1.54, 1.807) is 0 Å². The molecular weight excluding hydrogens is 154 g/mol. The van der Waals surface area contributed by atoms with Gasteiger partial charge in [-0.05, 0) is 27.3 Å². The Morgan fingerprint density at radius 2 is 2.08 bits per heavy atom. The molecule has 0 heterocycles. The number of likely N-dealkylation sites (N-methyl/N-ethyl adjacent to an activating group) is 1.